The van der Waals surface area contributed by atoms with E-state index in [0.717, 1.165) is 11.1 Å². The average molecular weight is 378 g/mol. The van der Waals surface area contributed by atoms with Crippen LogP contribution in [0.5, 0.6) is 0 Å². The summed E-state index contributed by atoms with van der Waals surface area (Å²) >= 11 is 5.93. The van der Waals surface area contributed by atoms with Crippen LogP contribution in [0.3, 0.4) is 0 Å². The molecule has 0 saturated carbocycles. The smallest absolute Gasteiger partial charge is 0.254 e. The number of benzene rings is 2. The van der Waals surface area contributed by atoms with Crippen molar-refractivity contribution in [2.75, 3.05) is 11.5 Å². The summed E-state index contributed by atoms with van der Waals surface area (Å²) in [5.41, 5.74) is 2.57. The van der Waals surface area contributed by atoms with Gasteiger partial charge in [0.15, 0.2) is 9.84 Å². The van der Waals surface area contributed by atoms with Gasteiger partial charge in [0, 0.05) is 23.2 Å². The highest BCUT2D eigenvalue weighted by Gasteiger charge is 2.35. The molecule has 132 valence electrons. The molecule has 0 bridgehead atoms. The van der Waals surface area contributed by atoms with Gasteiger partial charge in [-0.25, -0.2) is 8.42 Å². The number of carbonyl (C=O) groups excluding carboxylic acids is 1. The van der Waals surface area contributed by atoms with Gasteiger partial charge < -0.3 is 4.90 Å². The van der Waals surface area contributed by atoms with Crippen LogP contribution in [0.2, 0.25) is 5.02 Å². The third-order valence-electron chi connectivity index (χ3n) is 4.47. The van der Waals surface area contributed by atoms with Crippen molar-refractivity contribution in [2.45, 2.75) is 25.9 Å². The fourth-order valence-corrected chi connectivity index (χ4v) is 4.89. The molecule has 1 saturated heterocycles. The average Bonchev–Trinajstić information content (AvgIpc) is 2.94. The molecular formula is C19H20ClNO3S. The Morgan fingerprint density at radius 3 is 2.32 bits per heavy atom. The standard InChI is InChI=1S/C19H20ClNO3S/c1-14-2-6-16(7-3-14)19(22)21(18-10-11-25(23,24)13-18)12-15-4-8-17(20)9-5-15/h2-9,18H,10-13H2,1H3/t18-/m1/s1. The van der Waals surface area contributed by atoms with Crippen molar-refractivity contribution >= 4 is 27.3 Å². The van der Waals surface area contributed by atoms with Gasteiger partial charge in [0.25, 0.3) is 5.91 Å². The number of sulfone groups is 1. The van der Waals surface area contributed by atoms with E-state index in [4.69, 9.17) is 11.6 Å². The summed E-state index contributed by atoms with van der Waals surface area (Å²) in [6.45, 7) is 2.33. The van der Waals surface area contributed by atoms with Gasteiger partial charge in [-0.05, 0) is 43.2 Å². The summed E-state index contributed by atoms with van der Waals surface area (Å²) in [4.78, 5) is 14.7. The Hall–Kier alpha value is -1.85. The Bertz CT molecular complexity index is 861. The molecule has 1 aliphatic rings. The van der Waals surface area contributed by atoms with Crippen molar-refractivity contribution in [3.05, 3.63) is 70.2 Å². The monoisotopic (exact) mass is 377 g/mol. The van der Waals surface area contributed by atoms with E-state index in [0.29, 0.717) is 23.6 Å². The van der Waals surface area contributed by atoms with Crippen LogP contribution in [0, 0.1) is 6.92 Å². The van der Waals surface area contributed by atoms with E-state index in [1.54, 1.807) is 29.2 Å². The van der Waals surface area contributed by atoms with Crippen molar-refractivity contribution in [3.63, 3.8) is 0 Å². The minimum atomic E-state index is -3.08. The molecule has 0 aliphatic carbocycles. The number of halogens is 1. The SMILES string of the molecule is Cc1ccc(C(=O)N(Cc2ccc(Cl)cc2)[C@@H]2CCS(=O)(=O)C2)cc1. The molecule has 25 heavy (non-hydrogen) atoms. The quantitative estimate of drug-likeness (QED) is 0.819. The first-order valence-electron chi connectivity index (χ1n) is 8.16. The Morgan fingerprint density at radius 2 is 1.76 bits per heavy atom. The van der Waals surface area contributed by atoms with Gasteiger partial charge >= 0.3 is 0 Å². The van der Waals surface area contributed by atoms with E-state index in [1.807, 2.05) is 31.2 Å². The number of hydrogen-bond acceptors (Lipinski definition) is 3. The van der Waals surface area contributed by atoms with Crippen LogP contribution < -0.4 is 0 Å². The van der Waals surface area contributed by atoms with Crippen LogP contribution in [0.25, 0.3) is 0 Å². The summed E-state index contributed by atoms with van der Waals surface area (Å²) in [5.74, 6) is 0.0192. The molecule has 0 radical (unpaired) electrons. The number of carbonyl (C=O) groups is 1. The van der Waals surface area contributed by atoms with Crippen LogP contribution in [0.1, 0.15) is 27.9 Å². The molecular weight excluding hydrogens is 358 g/mol. The van der Waals surface area contributed by atoms with Crippen molar-refractivity contribution in [1.82, 2.24) is 4.90 Å². The summed E-state index contributed by atoms with van der Waals surface area (Å²) in [7, 11) is -3.08. The van der Waals surface area contributed by atoms with Gasteiger partial charge in [-0.2, -0.15) is 0 Å². The maximum absolute atomic E-state index is 13.0. The normalized spacial score (nSPS) is 18.9. The molecule has 1 amide bonds. The van der Waals surface area contributed by atoms with Crippen LogP contribution in [-0.2, 0) is 16.4 Å². The number of amides is 1. The maximum Gasteiger partial charge on any atom is 0.254 e. The second kappa shape index (κ2) is 7.18. The molecule has 0 N–H and O–H groups in total. The Morgan fingerprint density at radius 1 is 1.12 bits per heavy atom. The molecule has 6 heteroatoms. The molecule has 0 spiro atoms. The van der Waals surface area contributed by atoms with Gasteiger partial charge in [0.1, 0.15) is 0 Å². The van der Waals surface area contributed by atoms with Crippen molar-refractivity contribution < 1.29 is 13.2 Å². The molecule has 2 aromatic rings. The minimum absolute atomic E-state index is 0.0260. The van der Waals surface area contributed by atoms with Crippen molar-refractivity contribution in [1.29, 1.82) is 0 Å². The van der Waals surface area contributed by atoms with E-state index in [2.05, 4.69) is 0 Å². The van der Waals surface area contributed by atoms with Crippen molar-refractivity contribution in [2.24, 2.45) is 0 Å². The topological polar surface area (TPSA) is 54.5 Å². The van der Waals surface area contributed by atoms with Gasteiger partial charge in [0.2, 0.25) is 0 Å². The molecule has 2 aromatic carbocycles. The summed E-state index contributed by atoms with van der Waals surface area (Å²) in [5, 5.41) is 0.628. The lowest BCUT2D eigenvalue weighted by Gasteiger charge is -2.28. The third kappa shape index (κ3) is 4.41. The van der Waals surface area contributed by atoms with Gasteiger partial charge in [0.05, 0.1) is 11.5 Å². The lowest BCUT2D eigenvalue weighted by Crippen LogP contribution is -2.40. The second-order valence-corrected chi connectivity index (χ2v) is 9.15. The van der Waals surface area contributed by atoms with Crippen molar-refractivity contribution in [3.8, 4) is 0 Å². The van der Waals surface area contributed by atoms with E-state index in [9.17, 15) is 13.2 Å². The fraction of sp³-hybridized carbons (Fsp3) is 0.316. The molecule has 4 nitrogen and oxygen atoms in total. The van der Waals surface area contributed by atoms with Crippen LogP contribution >= 0.6 is 11.6 Å². The van der Waals surface area contributed by atoms with E-state index >= 15 is 0 Å². The highest BCUT2D eigenvalue weighted by Crippen LogP contribution is 2.23. The molecule has 1 aliphatic heterocycles. The highest BCUT2D eigenvalue weighted by atomic mass is 35.5. The minimum Gasteiger partial charge on any atom is -0.330 e. The number of rotatable bonds is 4. The number of nitrogens with zero attached hydrogens (tertiary/aromatic N) is 1. The zero-order valence-corrected chi connectivity index (χ0v) is 15.6. The van der Waals surface area contributed by atoms with Gasteiger partial charge in [-0.1, -0.05) is 41.4 Å². The largest absolute Gasteiger partial charge is 0.330 e. The van der Waals surface area contributed by atoms with Crippen LogP contribution in [-0.4, -0.2) is 36.8 Å². The van der Waals surface area contributed by atoms with Crippen LogP contribution in [0.15, 0.2) is 48.5 Å². The maximum atomic E-state index is 13.0. The van der Waals surface area contributed by atoms with Gasteiger partial charge in [-0.15, -0.1) is 0 Å². The molecule has 1 heterocycles. The second-order valence-electron chi connectivity index (χ2n) is 6.48. The predicted octanol–water partition coefficient (Wildman–Crippen LogP) is 3.48. The molecule has 0 unspecified atom stereocenters. The lowest BCUT2D eigenvalue weighted by atomic mass is 10.1. The van der Waals surface area contributed by atoms with E-state index in [1.165, 1.54) is 0 Å². The van der Waals surface area contributed by atoms with Gasteiger partial charge in [-0.3, -0.25) is 4.79 Å². The first kappa shape index (κ1) is 18.0. The third-order valence-corrected chi connectivity index (χ3v) is 6.48. The summed E-state index contributed by atoms with van der Waals surface area (Å²) in [6.07, 6.45) is 0.480. The molecule has 0 aromatic heterocycles. The zero-order valence-electron chi connectivity index (χ0n) is 14.0. The number of aryl methyl sites for hydroxylation is 1. The number of hydrogen-bond donors (Lipinski definition) is 0. The Labute approximate surface area is 153 Å². The molecule has 3 rings (SSSR count). The zero-order chi connectivity index (χ0) is 18.0. The first-order chi connectivity index (χ1) is 11.8. The molecule has 1 fully saturated rings. The lowest BCUT2D eigenvalue weighted by molar-refractivity contribution is 0.0681. The fourth-order valence-electron chi connectivity index (χ4n) is 3.04. The highest BCUT2D eigenvalue weighted by molar-refractivity contribution is 7.91. The predicted molar refractivity (Wildman–Crippen MR) is 99.6 cm³/mol. The summed E-state index contributed by atoms with van der Waals surface area (Å²) in [6, 6.07) is 14.3. The first-order valence-corrected chi connectivity index (χ1v) is 10.4. The Balaban J connectivity index is 1.89. The molecule has 1 atom stereocenters. The van der Waals surface area contributed by atoms with E-state index in [-0.39, 0.29) is 23.5 Å². The van der Waals surface area contributed by atoms with E-state index < -0.39 is 9.84 Å². The van der Waals surface area contributed by atoms with Crippen LogP contribution in [0.4, 0.5) is 0 Å². The Kier molecular flexibility index (Phi) is 5.16. The summed E-state index contributed by atoms with van der Waals surface area (Å²) < 4.78 is 23.8.